The minimum absolute atomic E-state index is 0.650. The average Bonchev–Trinajstić information content (AvgIpc) is 2.25. The van der Waals surface area contributed by atoms with Gasteiger partial charge in [0.15, 0.2) is 0 Å². The summed E-state index contributed by atoms with van der Waals surface area (Å²) in [7, 11) is 0. The zero-order valence-electron chi connectivity index (χ0n) is 9.45. The zero-order chi connectivity index (χ0) is 10.5. The topological polar surface area (TPSA) is 15.3 Å². The van der Waals surface area contributed by atoms with Crippen molar-refractivity contribution in [2.45, 2.75) is 25.8 Å². The van der Waals surface area contributed by atoms with E-state index < -0.39 is 0 Å². The smallest absolute Gasteiger partial charge is 0.0366 e. The summed E-state index contributed by atoms with van der Waals surface area (Å²) in [6.07, 6.45) is 2.47. The van der Waals surface area contributed by atoms with E-state index in [-0.39, 0.29) is 0 Å². The molecule has 1 heterocycles. The van der Waals surface area contributed by atoms with Gasteiger partial charge in [0, 0.05) is 24.8 Å². The van der Waals surface area contributed by atoms with E-state index in [1.165, 1.54) is 25.1 Å². The van der Waals surface area contributed by atoms with Crippen molar-refractivity contribution in [3.63, 3.8) is 0 Å². The highest BCUT2D eigenvalue weighted by molar-refractivity contribution is 5.45. The van der Waals surface area contributed by atoms with E-state index in [1.807, 2.05) is 0 Å². The molecule has 0 aromatic heterocycles. The first-order chi connectivity index (χ1) is 7.36. The lowest BCUT2D eigenvalue weighted by molar-refractivity contribution is 0.475. The van der Waals surface area contributed by atoms with Crippen molar-refractivity contribution in [1.29, 1.82) is 0 Å². The van der Waals surface area contributed by atoms with Gasteiger partial charge >= 0.3 is 0 Å². The molecule has 82 valence electrons. The number of anilines is 1. The number of hydrogen-bond acceptors (Lipinski definition) is 2. The molecule has 0 saturated carbocycles. The SMILES string of the molecule is CC1CCN(c2ccccc2)CCCN1. The van der Waals surface area contributed by atoms with E-state index in [2.05, 4.69) is 47.5 Å². The maximum absolute atomic E-state index is 3.53. The molecule has 2 rings (SSSR count). The predicted molar refractivity (Wildman–Crippen MR) is 65.4 cm³/mol. The van der Waals surface area contributed by atoms with E-state index in [0.29, 0.717) is 6.04 Å². The summed E-state index contributed by atoms with van der Waals surface area (Å²) in [5.74, 6) is 0. The normalized spacial score (nSPS) is 23.3. The standard InChI is InChI=1S/C13H20N2/c1-12-8-11-15(10-5-9-14-12)13-6-3-2-4-7-13/h2-4,6-7,12,14H,5,8-11H2,1H3. The van der Waals surface area contributed by atoms with Gasteiger partial charge in [-0.15, -0.1) is 0 Å². The van der Waals surface area contributed by atoms with E-state index in [1.54, 1.807) is 0 Å². The van der Waals surface area contributed by atoms with Crippen molar-refractivity contribution in [2.24, 2.45) is 0 Å². The third kappa shape index (κ3) is 2.96. The first-order valence-electron chi connectivity index (χ1n) is 5.89. The Kier molecular flexibility index (Phi) is 3.62. The maximum Gasteiger partial charge on any atom is 0.0366 e. The van der Waals surface area contributed by atoms with Crippen molar-refractivity contribution >= 4 is 5.69 Å². The Hall–Kier alpha value is -1.02. The van der Waals surface area contributed by atoms with Gasteiger partial charge in [0.05, 0.1) is 0 Å². The fraction of sp³-hybridized carbons (Fsp3) is 0.538. The lowest BCUT2D eigenvalue weighted by Gasteiger charge is -2.29. The summed E-state index contributed by atoms with van der Waals surface area (Å²) in [6, 6.07) is 11.4. The molecule has 1 aromatic carbocycles. The van der Waals surface area contributed by atoms with Crippen molar-refractivity contribution in [2.75, 3.05) is 24.5 Å². The van der Waals surface area contributed by atoms with Crippen molar-refractivity contribution in [1.82, 2.24) is 5.32 Å². The number of nitrogens with one attached hydrogen (secondary N) is 1. The van der Waals surface area contributed by atoms with Crippen molar-refractivity contribution < 1.29 is 0 Å². The Labute approximate surface area is 92.3 Å². The van der Waals surface area contributed by atoms with Crippen LogP contribution in [0.3, 0.4) is 0 Å². The fourth-order valence-electron chi connectivity index (χ4n) is 2.08. The molecular weight excluding hydrogens is 184 g/mol. The lowest BCUT2D eigenvalue weighted by Crippen LogP contribution is -2.38. The monoisotopic (exact) mass is 204 g/mol. The van der Waals surface area contributed by atoms with E-state index in [9.17, 15) is 0 Å². The molecule has 1 unspecified atom stereocenters. The number of benzene rings is 1. The van der Waals surface area contributed by atoms with Crippen LogP contribution in [0, 0.1) is 0 Å². The van der Waals surface area contributed by atoms with Crippen LogP contribution >= 0.6 is 0 Å². The molecule has 1 aliphatic rings. The molecule has 1 fully saturated rings. The van der Waals surface area contributed by atoms with Crippen LogP contribution in [-0.4, -0.2) is 25.7 Å². The average molecular weight is 204 g/mol. The van der Waals surface area contributed by atoms with Crippen LogP contribution < -0.4 is 10.2 Å². The molecule has 1 N–H and O–H groups in total. The molecule has 1 aromatic rings. The fourth-order valence-corrected chi connectivity index (χ4v) is 2.08. The largest absolute Gasteiger partial charge is 0.371 e. The zero-order valence-corrected chi connectivity index (χ0v) is 9.45. The highest BCUT2D eigenvalue weighted by Gasteiger charge is 2.11. The second-order valence-corrected chi connectivity index (χ2v) is 4.32. The molecule has 0 spiro atoms. The molecule has 0 amide bonds. The summed E-state index contributed by atoms with van der Waals surface area (Å²) in [4.78, 5) is 2.50. The molecule has 1 saturated heterocycles. The van der Waals surface area contributed by atoms with Gasteiger partial charge in [-0.25, -0.2) is 0 Å². The number of hydrogen-bond donors (Lipinski definition) is 1. The third-order valence-electron chi connectivity index (χ3n) is 3.05. The number of rotatable bonds is 1. The summed E-state index contributed by atoms with van der Waals surface area (Å²) < 4.78 is 0. The van der Waals surface area contributed by atoms with Crippen LogP contribution in [0.2, 0.25) is 0 Å². The van der Waals surface area contributed by atoms with Crippen LogP contribution in [-0.2, 0) is 0 Å². The maximum atomic E-state index is 3.53. The van der Waals surface area contributed by atoms with Crippen LogP contribution in [0.4, 0.5) is 5.69 Å². The third-order valence-corrected chi connectivity index (χ3v) is 3.05. The van der Waals surface area contributed by atoms with Gasteiger partial charge < -0.3 is 10.2 Å². The van der Waals surface area contributed by atoms with Gasteiger partial charge in [-0.2, -0.15) is 0 Å². The van der Waals surface area contributed by atoms with Crippen LogP contribution in [0.1, 0.15) is 19.8 Å². The van der Waals surface area contributed by atoms with Crippen LogP contribution in [0.5, 0.6) is 0 Å². The Balaban J connectivity index is 2.01. The molecule has 0 aliphatic carbocycles. The molecule has 15 heavy (non-hydrogen) atoms. The van der Waals surface area contributed by atoms with Crippen LogP contribution in [0.25, 0.3) is 0 Å². The minimum Gasteiger partial charge on any atom is -0.371 e. The van der Waals surface area contributed by atoms with Gasteiger partial charge in [-0.1, -0.05) is 18.2 Å². The van der Waals surface area contributed by atoms with Gasteiger partial charge in [0.25, 0.3) is 0 Å². The summed E-state index contributed by atoms with van der Waals surface area (Å²) in [5.41, 5.74) is 1.37. The van der Waals surface area contributed by atoms with E-state index >= 15 is 0 Å². The van der Waals surface area contributed by atoms with Gasteiger partial charge in [0.2, 0.25) is 0 Å². The molecule has 0 radical (unpaired) electrons. The van der Waals surface area contributed by atoms with Gasteiger partial charge in [-0.05, 0) is 38.4 Å². The second kappa shape index (κ2) is 5.17. The van der Waals surface area contributed by atoms with Crippen LogP contribution in [0.15, 0.2) is 30.3 Å². The first-order valence-corrected chi connectivity index (χ1v) is 5.89. The summed E-state index contributed by atoms with van der Waals surface area (Å²) in [6.45, 7) is 5.75. The Morgan fingerprint density at radius 2 is 2.00 bits per heavy atom. The van der Waals surface area contributed by atoms with E-state index in [4.69, 9.17) is 0 Å². The first kappa shape index (κ1) is 10.5. The molecule has 1 atom stereocenters. The second-order valence-electron chi connectivity index (χ2n) is 4.32. The van der Waals surface area contributed by atoms with Gasteiger partial charge in [0.1, 0.15) is 0 Å². The number of nitrogens with zero attached hydrogens (tertiary/aromatic N) is 1. The number of para-hydroxylation sites is 1. The highest BCUT2D eigenvalue weighted by atomic mass is 15.1. The Morgan fingerprint density at radius 3 is 2.80 bits per heavy atom. The van der Waals surface area contributed by atoms with Gasteiger partial charge in [-0.3, -0.25) is 0 Å². The Bertz CT molecular complexity index is 284. The molecule has 2 nitrogen and oxygen atoms in total. The summed E-state index contributed by atoms with van der Waals surface area (Å²) >= 11 is 0. The molecule has 0 bridgehead atoms. The summed E-state index contributed by atoms with van der Waals surface area (Å²) in [5, 5.41) is 3.53. The Morgan fingerprint density at radius 1 is 1.20 bits per heavy atom. The molecule has 2 heteroatoms. The molecular formula is C13H20N2. The van der Waals surface area contributed by atoms with E-state index in [0.717, 1.165) is 13.1 Å². The lowest BCUT2D eigenvalue weighted by atomic mass is 10.1. The van der Waals surface area contributed by atoms with Crippen molar-refractivity contribution in [3.8, 4) is 0 Å². The molecule has 1 aliphatic heterocycles. The predicted octanol–water partition coefficient (Wildman–Crippen LogP) is 2.26. The van der Waals surface area contributed by atoms with Crippen molar-refractivity contribution in [3.05, 3.63) is 30.3 Å². The minimum atomic E-state index is 0.650. The quantitative estimate of drug-likeness (QED) is 0.755. The highest BCUT2D eigenvalue weighted by Crippen LogP contribution is 2.15.